The Morgan fingerprint density at radius 2 is 2.00 bits per heavy atom. The largest absolute Gasteiger partial charge is 0.486 e. The Kier molecular flexibility index (Phi) is 6.41. The quantitative estimate of drug-likeness (QED) is 0.600. The van der Waals surface area contributed by atoms with Gasteiger partial charge in [0.05, 0.1) is 11.5 Å². The van der Waals surface area contributed by atoms with Gasteiger partial charge in [0.1, 0.15) is 13.2 Å². The Hall–Kier alpha value is -2.18. The van der Waals surface area contributed by atoms with Crippen molar-refractivity contribution < 1.29 is 14.3 Å². The summed E-state index contributed by atoms with van der Waals surface area (Å²) in [6.07, 6.45) is 0. The maximum absolute atomic E-state index is 12.0. The summed E-state index contributed by atoms with van der Waals surface area (Å²) < 4.78 is 11.1. The fourth-order valence-electron chi connectivity index (χ4n) is 2.40. The average molecular weight is 391 g/mol. The van der Waals surface area contributed by atoms with Gasteiger partial charge in [-0.3, -0.25) is 4.79 Å². The molecular formula is C19H19ClN2O3S. The predicted molar refractivity (Wildman–Crippen MR) is 105 cm³/mol. The van der Waals surface area contributed by atoms with Crippen LogP contribution in [-0.4, -0.2) is 30.6 Å². The third-order valence-electron chi connectivity index (χ3n) is 3.70. The van der Waals surface area contributed by atoms with E-state index in [1.54, 1.807) is 0 Å². The smallest absolute Gasteiger partial charge is 0.250 e. The van der Waals surface area contributed by atoms with Crippen LogP contribution in [0.2, 0.25) is 5.02 Å². The van der Waals surface area contributed by atoms with Crippen LogP contribution in [0.4, 0.5) is 0 Å². The number of nitrogens with one attached hydrogen (secondary N) is 1. The lowest BCUT2D eigenvalue weighted by Gasteiger charge is -2.18. The number of rotatable bonds is 6. The molecule has 0 atom stereocenters. The van der Waals surface area contributed by atoms with Crippen molar-refractivity contribution in [3.63, 3.8) is 0 Å². The van der Waals surface area contributed by atoms with Crippen molar-refractivity contribution in [3.8, 4) is 11.5 Å². The van der Waals surface area contributed by atoms with Gasteiger partial charge in [0.15, 0.2) is 11.5 Å². The molecule has 0 saturated carbocycles. The Balaban J connectivity index is 1.49. The van der Waals surface area contributed by atoms with Gasteiger partial charge in [0.2, 0.25) is 5.91 Å². The molecule has 1 N–H and O–H groups in total. The lowest BCUT2D eigenvalue weighted by atomic mass is 10.1. The van der Waals surface area contributed by atoms with E-state index in [0.717, 1.165) is 22.6 Å². The lowest BCUT2D eigenvalue weighted by molar-refractivity contribution is -0.118. The number of hydrogen-bond donors (Lipinski definition) is 1. The summed E-state index contributed by atoms with van der Waals surface area (Å²) in [7, 11) is 0. The maximum Gasteiger partial charge on any atom is 0.250 e. The Labute approximate surface area is 161 Å². The van der Waals surface area contributed by atoms with Gasteiger partial charge in [-0.05, 0) is 42.8 Å². The second-order valence-electron chi connectivity index (χ2n) is 5.71. The van der Waals surface area contributed by atoms with E-state index < -0.39 is 0 Å². The first-order chi connectivity index (χ1) is 12.6. The van der Waals surface area contributed by atoms with E-state index in [1.807, 2.05) is 49.4 Å². The predicted octanol–water partition coefficient (Wildman–Crippen LogP) is 3.88. The fraction of sp³-hybridized carbons (Fsp3) is 0.263. The van der Waals surface area contributed by atoms with Gasteiger partial charge in [-0.1, -0.05) is 23.7 Å². The standard InChI is InChI=1S/C19H19ClN2O3S/c1-13(15-5-6-17-18(10-15)25-8-7-24-17)21-22-19(23)12-26-11-14-3-2-4-16(20)9-14/h2-6,9-10H,7-8,11-12H2,1H3,(H,22,23)/b21-13+. The number of hydrazone groups is 1. The molecule has 26 heavy (non-hydrogen) atoms. The number of ether oxygens (including phenoxy) is 2. The number of carbonyl (C=O) groups is 1. The molecule has 0 aromatic heterocycles. The van der Waals surface area contributed by atoms with Gasteiger partial charge < -0.3 is 9.47 Å². The second kappa shape index (κ2) is 8.96. The van der Waals surface area contributed by atoms with Crippen LogP contribution in [0.3, 0.4) is 0 Å². The third-order valence-corrected chi connectivity index (χ3v) is 4.94. The zero-order chi connectivity index (χ0) is 18.4. The van der Waals surface area contributed by atoms with Gasteiger partial charge in [-0.2, -0.15) is 5.10 Å². The molecule has 0 bridgehead atoms. The number of thioether (sulfide) groups is 1. The summed E-state index contributed by atoms with van der Waals surface area (Å²) in [4.78, 5) is 12.0. The third kappa shape index (κ3) is 5.16. The molecule has 3 rings (SSSR count). The van der Waals surface area contributed by atoms with E-state index in [2.05, 4.69) is 10.5 Å². The van der Waals surface area contributed by atoms with Crippen LogP contribution < -0.4 is 14.9 Å². The first kappa shape index (κ1) is 18.6. The number of amides is 1. The summed E-state index contributed by atoms with van der Waals surface area (Å²) in [6, 6.07) is 13.2. The molecule has 0 saturated heterocycles. The molecule has 1 aliphatic rings. The molecule has 1 heterocycles. The maximum atomic E-state index is 12.0. The molecule has 2 aromatic carbocycles. The highest BCUT2D eigenvalue weighted by atomic mass is 35.5. The van der Waals surface area contributed by atoms with Crippen LogP contribution in [0.25, 0.3) is 0 Å². The van der Waals surface area contributed by atoms with Gasteiger partial charge in [-0.25, -0.2) is 5.43 Å². The minimum Gasteiger partial charge on any atom is -0.486 e. The number of fused-ring (bicyclic) bond motifs is 1. The molecule has 0 aliphatic carbocycles. The van der Waals surface area contributed by atoms with Gasteiger partial charge in [-0.15, -0.1) is 11.8 Å². The monoisotopic (exact) mass is 390 g/mol. The highest BCUT2D eigenvalue weighted by molar-refractivity contribution is 7.99. The van der Waals surface area contributed by atoms with Crippen molar-refractivity contribution in [2.75, 3.05) is 19.0 Å². The molecule has 0 radical (unpaired) electrons. The van der Waals surface area contributed by atoms with E-state index in [9.17, 15) is 4.79 Å². The minimum atomic E-state index is -0.145. The first-order valence-electron chi connectivity index (χ1n) is 8.17. The highest BCUT2D eigenvalue weighted by Crippen LogP contribution is 2.30. The molecule has 7 heteroatoms. The molecule has 2 aromatic rings. The topological polar surface area (TPSA) is 59.9 Å². The normalized spacial score (nSPS) is 13.4. The molecule has 0 spiro atoms. The lowest BCUT2D eigenvalue weighted by Crippen LogP contribution is -2.21. The Morgan fingerprint density at radius 1 is 1.19 bits per heavy atom. The number of nitrogens with zero attached hydrogens (tertiary/aromatic N) is 1. The summed E-state index contributed by atoms with van der Waals surface area (Å²) >= 11 is 7.46. The summed E-state index contributed by atoms with van der Waals surface area (Å²) in [5.74, 6) is 2.33. The Bertz CT molecular complexity index is 826. The van der Waals surface area contributed by atoms with Crippen molar-refractivity contribution >= 4 is 35.0 Å². The molecule has 0 fully saturated rings. The molecule has 5 nitrogen and oxygen atoms in total. The zero-order valence-corrected chi connectivity index (χ0v) is 15.9. The van der Waals surface area contributed by atoms with Crippen molar-refractivity contribution in [3.05, 3.63) is 58.6 Å². The van der Waals surface area contributed by atoms with Crippen LogP contribution in [0, 0.1) is 0 Å². The van der Waals surface area contributed by atoms with Crippen LogP contribution >= 0.6 is 23.4 Å². The van der Waals surface area contributed by atoms with Crippen LogP contribution in [-0.2, 0) is 10.5 Å². The second-order valence-corrected chi connectivity index (χ2v) is 7.14. The number of hydrogen-bond acceptors (Lipinski definition) is 5. The minimum absolute atomic E-state index is 0.145. The van der Waals surface area contributed by atoms with E-state index in [-0.39, 0.29) is 5.91 Å². The summed E-state index contributed by atoms with van der Waals surface area (Å²) in [5.41, 5.74) is 5.26. The van der Waals surface area contributed by atoms with E-state index >= 15 is 0 Å². The molecular weight excluding hydrogens is 372 g/mol. The summed E-state index contributed by atoms with van der Waals surface area (Å²) in [5, 5.41) is 4.87. The van der Waals surface area contributed by atoms with Gasteiger partial charge >= 0.3 is 0 Å². The van der Waals surface area contributed by atoms with E-state index in [4.69, 9.17) is 21.1 Å². The molecule has 1 amide bonds. The summed E-state index contributed by atoms with van der Waals surface area (Å²) in [6.45, 7) is 2.93. The van der Waals surface area contributed by atoms with Crippen LogP contribution in [0.15, 0.2) is 47.6 Å². The Morgan fingerprint density at radius 3 is 2.81 bits per heavy atom. The SMILES string of the molecule is C/C(=N\NC(=O)CSCc1cccc(Cl)c1)c1ccc2c(c1)OCCO2. The zero-order valence-electron chi connectivity index (χ0n) is 14.3. The van der Waals surface area contributed by atoms with Gasteiger partial charge in [0.25, 0.3) is 0 Å². The highest BCUT2D eigenvalue weighted by Gasteiger charge is 2.12. The van der Waals surface area contributed by atoms with E-state index in [0.29, 0.717) is 35.5 Å². The van der Waals surface area contributed by atoms with Crippen molar-refractivity contribution in [1.29, 1.82) is 0 Å². The number of benzene rings is 2. The van der Waals surface area contributed by atoms with Crippen molar-refractivity contribution in [2.24, 2.45) is 5.10 Å². The molecule has 1 aliphatic heterocycles. The molecule has 0 unspecified atom stereocenters. The molecule has 136 valence electrons. The van der Waals surface area contributed by atoms with Crippen LogP contribution in [0.1, 0.15) is 18.1 Å². The van der Waals surface area contributed by atoms with Crippen molar-refractivity contribution in [2.45, 2.75) is 12.7 Å². The number of carbonyl (C=O) groups excluding carboxylic acids is 1. The fourth-order valence-corrected chi connectivity index (χ4v) is 3.38. The first-order valence-corrected chi connectivity index (χ1v) is 9.70. The van der Waals surface area contributed by atoms with Gasteiger partial charge in [0, 0.05) is 16.3 Å². The average Bonchev–Trinajstić information content (AvgIpc) is 2.66. The van der Waals surface area contributed by atoms with Crippen molar-refractivity contribution in [1.82, 2.24) is 5.43 Å². The number of halogens is 1. The van der Waals surface area contributed by atoms with E-state index in [1.165, 1.54) is 11.8 Å². The van der Waals surface area contributed by atoms with Crippen LogP contribution in [0.5, 0.6) is 11.5 Å².